The molecule has 3 heterocycles. The zero-order valence-corrected chi connectivity index (χ0v) is 10.1. The van der Waals surface area contributed by atoms with Crippen molar-refractivity contribution in [3.63, 3.8) is 0 Å². The van der Waals surface area contributed by atoms with E-state index in [2.05, 4.69) is 30.6 Å². The van der Waals surface area contributed by atoms with E-state index in [0.717, 1.165) is 31.3 Å². The molecule has 15 heavy (non-hydrogen) atoms. The highest BCUT2D eigenvalue weighted by molar-refractivity contribution is 5.05. The highest BCUT2D eigenvalue weighted by Gasteiger charge is 2.49. The molecule has 3 rings (SSSR count). The van der Waals surface area contributed by atoms with E-state index < -0.39 is 0 Å². The number of fused-ring (bicyclic) bond motifs is 2. The Balaban J connectivity index is 1.67. The average molecular weight is 210 g/mol. The van der Waals surface area contributed by atoms with Gasteiger partial charge in [0.2, 0.25) is 0 Å². The second-order valence-corrected chi connectivity index (χ2v) is 6.25. The molecule has 0 amide bonds. The van der Waals surface area contributed by atoms with Gasteiger partial charge < -0.3 is 4.74 Å². The molecule has 0 saturated carbocycles. The smallest absolute Gasteiger partial charge is 0.0645 e. The van der Waals surface area contributed by atoms with E-state index in [-0.39, 0.29) is 0 Å². The van der Waals surface area contributed by atoms with Gasteiger partial charge in [0, 0.05) is 30.7 Å². The minimum atomic E-state index is 0.349. The molecule has 2 atom stereocenters. The number of rotatable bonds is 1. The van der Waals surface area contributed by atoms with Crippen molar-refractivity contribution in [2.24, 2.45) is 0 Å². The topological polar surface area (TPSA) is 15.7 Å². The minimum absolute atomic E-state index is 0.349. The first-order valence-electron chi connectivity index (χ1n) is 6.16. The molecule has 3 aliphatic rings. The minimum Gasteiger partial charge on any atom is -0.378 e. The highest BCUT2D eigenvalue weighted by atomic mass is 16.5. The predicted octanol–water partition coefficient (Wildman–Crippen LogP) is 0.942. The fourth-order valence-corrected chi connectivity index (χ4v) is 3.38. The lowest BCUT2D eigenvalue weighted by Crippen LogP contribution is -2.59. The molecule has 0 radical (unpaired) electrons. The van der Waals surface area contributed by atoms with Gasteiger partial charge in [-0.25, -0.2) is 0 Å². The maximum Gasteiger partial charge on any atom is 0.0645 e. The average Bonchev–Trinajstić information content (AvgIpc) is 2.56. The molecule has 0 N–H and O–H groups in total. The molecular weight excluding hydrogens is 188 g/mol. The molecule has 0 aliphatic carbocycles. The summed E-state index contributed by atoms with van der Waals surface area (Å²) in [6, 6.07) is 2.35. The first-order valence-corrected chi connectivity index (χ1v) is 6.16. The summed E-state index contributed by atoms with van der Waals surface area (Å²) >= 11 is 0. The van der Waals surface area contributed by atoms with Gasteiger partial charge in [-0.1, -0.05) is 0 Å². The van der Waals surface area contributed by atoms with Gasteiger partial charge in [0.25, 0.3) is 0 Å². The van der Waals surface area contributed by atoms with Gasteiger partial charge in [0.1, 0.15) is 0 Å². The molecule has 86 valence electrons. The summed E-state index contributed by atoms with van der Waals surface area (Å²) in [6.07, 6.45) is 1.38. The van der Waals surface area contributed by atoms with E-state index in [9.17, 15) is 0 Å². The van der Waals surface area contributed by atoms with Crippen molar-refractivity contribution in [1.82, 2.24) is 9.80 Å². The Hall–Kier alpha value is -0.120. The van der Waals surface area contributed by atoms with Gasteiger partial charge in [-0.3, -0.25) is 9.80 Å². The van der Waals surface area contributed by atoms with E-state index >= 15 is 0 Å². The summed E-state index contributed by atoms with van der Waals surface area (Å²) < 4.78 is 5.29. The molecule has 0 spiro atoms. The quantitative estimate of drug-likeness (QED) is 0.640. The van der Waals surface area contributed by atoms with Gasteiger partial charge in [-0.05, 0) is 27.2 Å². The van der Waals surface area contributed by atoms with E-state index in [1.165, 1.54) is 19.5 Å². The molecule has 3 saturated heterocycles. The highest BCUT2D eigenvalue weighted by Crippen LogP contribution is 2.37. The van der Waals surface area contributed by atoms with Crippen LogP contribution >= 0.6 is 0 Å². The van der Waals surface area contributed by atoms with E-state index in [0.29, 0.717) is 5.54 Å². The summed E-state index contributed by atoms with van der Waals surface area (Å²) in [4.78, 5) is 5.38. The van der Waals surface area contributed by atoms with Crippen LogP contribution in [0.5, 0.6) is 0 Å². The van der Waals surface area contributed by atoms with Crippen LogP contribution < -0.4 is 0 Å². The number of likely N-dealkylation sites (tertiary alicyclic amines) is 2. The van der Waals surface area contributed by atoms with Gasteiger partial charge in [-0.15, -0.1) is 0 Å². The lowest BCUT2D eigenvalue weighted by Gasteiger charge is -2.46. The van der Waals surface area contributed by atoms with Crippen molar-refractivity contribution >= 4 is 0 Å². The van der Waals surface area contributed by atoms with Gasteiger partial charge in [-0.2, -0.15) is 0 Å². The third-order valence-electron chi connectivity index (χ3n) is 4.23. The Morgan fingerprint density at radius 3 is 2.13 bits per heavy atom. The van der Waals surface area contributed by atoms with Crippen molar-refractivity contribution < 1.29 is 4.74 Å². The number of hydrogen-bond acceptors (Lipinski definition) is 3. The lowest BCUT2D eigenvalue weighted by atomic mass is 10.0. The largest absolute Gasteiger partial charge is 0.378 e. The molecule has 3 fully saturated rings. The Morgan fingerprint density at radius 1 is 1.00 bits per heavy atom. The van der Waals surface area contributed by atoms with E-state index in [4.69, 9.17) is 4.74 Å². The van der Waals surface area contributed by atoms with Crippen LogP contribution in [0.15, 0.2) is 0 Å². The Labute approximate surface area is 92.4 Å². The monoisotopic (exact) mass is 210 g/mol. The van der Waals surface area contributed by atoms with Gasteiger partial charge in [0.05, 0.1) is 19.3 Å². The van der Waals surface area contributed by atoms with Crippen LogP contribution in [0.2, 0.25) is 0 Å². The summed E-state index contributed by atoms with van der Waals surface area (Å²) in [6.45, 7) is 11.5. The fraction of sp³-hybridized carbons (Fsp3) is 1.00. The first kappa shape index (κ1) is 10.1. The molecule has 0 unspecified atom stereocenters. The van der Waals surface area contributed by atoms with E-state index in [1.54, 1.807) is 0 Å². The normalized spacial score (nSPS) is 38.6. The van der Waals surface area contributed by atoms with Crippen LogP contribution in [0.3, 0.4) is 0 Å². The molecule has 3 aliphatic heterocycles. The van der Waals surface area contributed by atoms with Gasteiger partial charge >= 0.3 is 0 Å². The van der Waals surface area contributed by atoms with Crippen LogP contribution in [0.4, 0.5) is 0 Å². The Kier molecular flexibility index (Phi) is 2.14. The Morgan fingerprint density at radius 2 is 1.73 bits per heavy atom. The summed E-state index contributed by atoms with van der Waals surface area (Å²) in [5.74, 6) is 0. The maximum absolute atomic E-state index is 5.29. The predicted molar refractivity (Wildman–Crippen MR) is 60.0 cm³/mol. The summed E-state index contributed by atoms with van der Waals surface area (Å²) in [7, 11) is 0. The zero-order valence-electron chi connectivity index (χ0n) is 10.1. The fourth-order valence-electron chi connectivity index (χ4n) is 3.38. The number of nitrogens with zero attached hydrogens (tertiary/aromatic N) is 2. The van der Waals surface area contributed by atoms with Crippen LogP contribution in [0.1, 0.15) is 27.2 Å². The van der Waals surface area contributed by atoms with Gasteiger partial charge in [0.15, 0.2) is 0 Å². The van der Waals surface area contributed by atoms with Crippen LogP contribution in [-0.2, 0) is 4.74 Å². The molecule has 3 heteroatoms. The third kappa shape index (κ3) is 1.52. The van der Waals surface area contributed by atoms with Crippen molar-refractivity contribution in [1.29, 1.82) is 0 Å². The molecular formula is C12H22N2O. The van der Waals surface area contributed by atoms with Crippen LogP contribution in [-0.4, -0.2) is 59.8 Å². The van der Waals surface area contributed by atoms with Crippen molar-refractivity contribution in [2.75, 3.05) is 26.3 Å². The van der Waals surface area contributed by atoms with Crippen LogP contribution in [0, 0.1) is 0 Å². The van der Waals surface area contributed by atoms with Crippen molar-refractivity contribution in [3.05, 3.63) is 0 Å². The standard InChI is InChI=1S/C12H22N2O/c1-12(2,3)14-6-9-4-10(14)5-13(9)11-7-15-8-11/h9-11H,4-8H2,1-3H3/t9-,10-/m0/s1. The maximum atomic E-state index is 5.29. The number of piperazine rings is 1. The molecule has 0 aromatic heterocycles. The molecule has 0 aromatic carbocycles. The summed E-state index contributed by atoms with van der Waals surface area (Å²) in [5.41, 5.74) is 0.349. The lowest BCUT2D eigenvalue weighted by molar-refractivity contribution is -0.0855. The number of ether oxygens (including phenoxy) is 1. The third-order valence-corrected chi connectivity index (χ3v) is 4.23. The number of hydrogen-bond donors (Lipinski definition) is 0. The second kappa shape index (κ2) is 3.19. The van der Waals surface area contributed by atoms with Crippen LogP contribution in [0.25, 0.3) is 0 Å². The Bertz CT molecular complexity index is 257. The second-order valence-electron chi connectivity index (χ2n) is 6.25. The van der Waals surface area contributed by atoms with E-state index in [1.807, 2.05) is 0 Å². The molecule has 3 nitrogen and oxygen atoms in total. The molecule has 0 aromatic rings. The molecule has 2 bridgehead atoms. The van der Waals surface area contributed by atoms with Crippen molar-refractivity contribution in [2.45, 2.75) is 50.9 Å². The summed E-state index contributed by atoms with van der Waals surface area (Å²) in [5, 5.41) is 0. The zero-order chi connectivity index (χ0) is 10.6. The first-order chi connectivity index (χ1) is 7.05. The van der Waals surface area contributed by atoms with Crippen molar-refractivity contribution in [3.8, 4) is 0 Å². The SMILES string of the molecule is CC(C)(C)N1C[C@@H]2C[C@H]1CN2C1COC1.